The molecule has 11 heteroatoms. The highest BCUT2D eigenvalue weighted by molar-refractivity contribution is 6.05. The van der Waals surface area contributed by atoms with Crippen LogP contribution in [0.3, 0.4) is 0 Å². The van der Waals surface area contributed by atoms with Gasteiger partial charge in [-0.1, -0.05) is 24.3 Å². The van der Waals surface area contributed by atoms with Crippen LogP contribution in [0.5, 0.6) is 5.75 Å². The number of aliphatic hydroxyl groups excluding tert-OH is 1. The van der Waals surface area contributed by atoms with Crippen molar-refractivity contribution in [3.05, 3.63) is 83.8 Å². The summed E-state index contributed by atoms with van der Waals surface area (Å²) in [6, 6.07) is 17.0. The van der Waals surface area contributed by atoms with Crippen LogP contribution in [0.15, 0.2) is 66.9 Å². The third-order valence-corrected chi connectivity index (χ3v) is 5.63. The summed E-state index contributed by atoms with van der Waals surface area (Å²) in [5.74, 6) is -0.546. The zero-order valence-corrected chi connectivity index (χ0v) is 21.0. The summed E-state index contributed by atoms with van der Waals surface area (Å²) in [4.78, 5) is 41.4. The molecule has 0 bridgehead atoms. The molecule has 2 heterocycles. The molecule has 196 valence electrons. The van der Waals surface area contributed by atoms with Gasteiger partial charge in [0, 0.05) is 36.3 Å². The van der Waals surface area contributed by atoms with Crippen LogP contribution in [0.1, 0.15) is 39.6 Å². The largest absolute Gasteiger partial charge is 0.494 e. The molecule has 2 aromatic carbocycles. The number of hydrogen-bond acceptors (Lipinski definition) is 7. The van der Waals surface area contributed by atoms with Crippen LogP contribution >= 0.6 is 0 Å². The molecule has 0 aliphatic rings. The van der Waals surface area contributed by atoms with Crippen LogP contribution in [0, 0.1) is 0 Å². The number of nitrogens with one attached hydrogen (secondary N) is 3. The van der Waals surface area contributed by atoms with Gasteiger partial charge >= 0.3 is 0 Å². The standard InChI is InChI=1S/C27H28N6O5/c1-17(34)20-9-6-10-21(30-20)27(37)31-23-13-19-15-33(32-22(19)14-24(23)38-2)16-25(35)28-11-12-29-26(36)18-7-4-3-5-8-18/h3-10,13-15,17,34H,11-12,16H2,1-2H3,(H,28,35)(H,29,36)(H,31,37). The Morgan fingerprint density at radius 3 is 2.50 bits per heavy atom. The van der Waals surface area contributed by atoms with Crippen molar-refractivity contribution < 1.29 is 24.2 Å². The van der Waals surface area contributed by atoms with Gasteiger partial charge in [0.2, 0.25) is 5.91 Å². The quantitative estimate of drug-likeness (QED) is 0.236. The molecular formula is C27H28N6O5. The summed E-state index contributed by atoms with van der Waals surface area (Å²) in [6.07, 6.45) is 0.887. The molecule has 38 heavy (non-hydrogen) atoms. The molecule has 0 saturated carbocycles. The average molecular weight is 517 g/mol. The van der Waals surface area contributed by atoms with E-state index < -0.39 is 12.0 Å². The number of anilines is 1. The lowest BCUT2D eigenvalue weighted by molar-refractivity contribution is -0.121. The van der Waals surface area contributed by atoms with Gasteiger partial charge in [0.1, 0.15) is 18.0 Å². The summed E-state index contributed by atoms with van der Waals surface area (Å²) >= 11 is 0. The van der Waals surface area contributed by atoms with Gasteiger partial charge in [-0.3, -0.25) is 19.1 Å². The van der Waals surface area contributed by atoms with Crippen LogP contribution in [-0.2, 0) is 11.3 Å². The minimum Gasteiger partial charge on any atom is -0.494 e. The zero-order valence-electron chi connectivity index (χ0n) is 21.0. The van der Waals surface area contributed by atoms with Crippen LogP contribution in [0.25, 0.3) is 10.9 Å². The predicted molar refractivity (Wildman–Crippen MR) is 141 cm³/mol. The summed E-state index contributed by atoms with van der Waals surface area (Å²) < 4.78 is 6.91. The number of ether oxygens (including phenoxy) is 1. The van der Waals surface area contributed by atoms with E-state index in [4.69, 9.17) is 4.74 Å². The number of aromatic nitrogens is 3. The van der Waals surface area contributed by atoms with E-state index in [9.17, 15) is 19.5 Å². The van der Waals surface area contributed by atoms with Gasteiger partial charge in [-0.15, -0.1) is 0 Å². The van der Waals surface area contributed by atoms with Gasteiger partial charge in [0.05, 0.1) is 30.1 Å². The Labute approximate surface area is 218 Å². The molecule has 0 spiro atoms. The Morgan fingerprint density at radius 2 is 1.76 bits per heavy atom. The average Bonchev–Trinajstić information content (AvgIpc) is 3.31. The second kappa shape index (κ2) is 12.0. The topological polar surface area (TPSA) is 147 Å². The Morgan fingerprint density at radius 1 is 1.00 bits per heavy atom. The second-order valence-corrected chi connectivity index (χ2v) is 8.49. The summed E-state index contributed by atoms with van der Waals surface area (Å²) in [5.41, 5.74) is 2.08. The number of fused-ring (bicyclic) bond motifs is 1. The first-order valence-electron chi connectivity index (χ1n) is 12.0. The lowest BCUT2D eigenvalue weighted by atomic mass is 10.2. The Hall–Kier alpha value is -4.77. The van der Waals surface area contributed by atoms with Gasteiger partial charge in [-0.2, -0.15) is 5.10 Å². The molecule has 4 rings (SSSR count). The Kier molecular flexibility index (Phi) is 8.29. The fourth-order valence-electron chi connectivity index (χ4n) is 3.72. The molecule has 1 atom stereocenters. The maximum atomic E-state index is 12.8. The maximum absolute atomic E-state index is 12.8. The van der Waals surface area contributed by atoms with Crippen LogP contribution in [-0.4, -0.2) is 57.8 Å². The molecule has 1 unspecified atom stereocenters. The molecule has 4 N–H and O–H groups in total. The third-order valence-electron chi connectivity index (χ3n) is 5.63. The molecule has 11 nitrogen and oxygen atoms in total. The number of pyridine rings is 1. The highest BCUT2D eigenvalue weighted by Crippen LogP contribution is 2.30. The molecule has 4 aromatic rings. The first-order valence-corrected chi connectivity index (χ1v) is 12.0. The van der Waals surface area contributed by atoms with Crippen molar-refractivity contribution in [1.29, 1.82) is 0 Å². The molecule has 0 fully saturated rings. The number of amides is 3. The fraction of sp³-hybridized carbons (Fsp3) is 0.222. The number of hydrogen-bond donors (Lipinski definition) is 4. The van der Waals surface area contributed by atoms with Crippen molar-refractivity contribution in [2.24, 2.45) is 0 Å². The SMILES string of the molecule is COc1cc2nn(CC(=O)NCCNC(=O)c3ccccc3)cc2cc1NC(=O)c1cccc(C(C)O)n1. The highest BCUT2D eigenvalue weighted by Gasteiger charge is 2.16. The van der Waals surface area contributed by atoms with Gasteiger partial charge < -0.3 is 25.8 Å². The summed E-state index contributed by atoms with van der Waals surface area (Å²) in [5, 5.41) is 23.1. The van der Waals surface area contributed by atoms with Crippen LogP contribution in [0.4, 0.5) is 5.69 Å². The molecule has 2 aromatic heterocycles. The van der Waals surface area contributed by atoms with Crippen molar-refractivity contribution in [2.75, 3.05) is 25.5 Å². The highest BCUT2D eigenvalue weighted by atomic mass is 16.5. The maximum Gasteiger partial charge on any atom is 0.274 e. The number of methoxy groups -OCH3 is 1. The van der Waals surface area contributed by atoms with Gasteiger partial charge in [0.25, 0.3) is 11.8 Å². The molecule has 0 aliphatic heterocycles. The van der Waals surface area contributed by atoms with Gasteiger partial charge in [-0.05, 0) is 37.3 Å². The van der Waals surface area contributed by atoms with Crippen molar-refractivity contribution in [1.82, 2.24) is 25.4 Å². The summed E-state index contributed by atoms with van der Waals surface area (Å²) in [6.45, 7) is 2.10. The van der Waals surface area contributed by atoms with E-state index in [0.29, 0.717) is 33.6 Å². The van der Waals surface area contributed by atoms with Crippen molar-refractivity contribution in [3.8, 4) is 5.75 Å². The Bertz CT molecular complexity index is 1450. The molecule has 0 saturated heterocycles. The number of carbonyl (C=O) groups excluding carboxylic acids is 3. The first kappa shape index (κ1) is 26.3. The van der Waals surface area contributed by atoms with Crippen molar-refractivity contribution >= 4 is 34.3 Å². The van der Waals surface area contributed by atoms with Gasteiger partial charge in [-0.25, -0.2) is 4.98 Å². The minimum absolute atomic E-state index is 0.0264. The van der Waals surface area contributed by atoms with Crippen molar-refractivity contribution in [3.63, 3.8) is 0 Å². The third kappa shape index (κ3) is 6.51. The number of rotatable bonds is 10. The number of benzene rings is 2. The molecule has 3 amide bonds. The lowest BCUT2D eigenvalue weighted by Gasteiger charge is -2.11. The van der Waals surface area contributed by atoms with Gasteiger partial charge in [0.15, 0.2) is 0 Å². The van der Waals surface area contributed by atoms with Crippen LogP contribution < -0.4 is 20.7 Å². The Balaban J connectivity index is 1.36. The molecule has 0 radical (unpaired) electrons. The second-order valence-electron chi connectivity index (χ2n) is 8.49. The van der Waals surface area contributed by atoms with E-state index in [2.05, 4.69) is 26.0 Å². The number of nitrogens with zero attached hydrogens (tertiary/aromatic N) is 3. The number of aliphatic hydroxyl groups is 1. The monoisotopic (exact) mass is 516 g/mol. The number of carbonyl (C=O) groups is 3. The van der Waals surface area contributed by atoms with E-state index >= 15 is 0 Å². The van der Waals surface area contributed by atoms with E-state index in [-0.39, 0.29) is 37.1 Å². The normalized spacial score (nSPS) is 11.6. The molecular weight excluding hydrogens is 488 g/mol. The minimum atomic E-state index is -0.801. The summed E-state index contributed by atoms with van der Waals surface area (Å²) in [7, 11) is 1.48. The van der Waals surface area contributed by atoms with Crippen molar-refractivity contribution in [2.45, 2.75) is 19.6 Å². The first-order chi connectivity index (χ1) is 18.3. The predicted octanol–water partition coefficient (Wildman–Crippen LogP) is 2.29. The molecule has 0 aliphatic carbocycles. The van der Waals surface area contributed by atoms with E-state index in [1.54, 1.807) is 67.7 Å². The van der Waals surface area contributed by atoms with E-state index in [0.717, 1.165) is 0 Å². The lowest BCUT2D eigenvalue weighted by Crippen LogP contribution is -2.36. The fourth-order valence-corrected chi connectivity index (χ4v) is 3.72. The zero-order chi connectivity index (χ0) is 27.1. The van der Waals surface area contributed by atoms with E-state index in [1.165, 1.54) is 11.8 Å². The van der Waals surface area contributed by atoms with Crippen LogP contribution in [0.2, 0.25) is 0 Å². The van der Waals surface area contributed by atoms with E-state index in [1.807, 2.05) is 6.07 Å². The smallest absolute Gasteiger partial charge is 0.274 e.